The number of piperidine rings is 1. The second-order valence-corrected chi connectivity index (χ2v) is 9.21. The molecule has 0 spiro atoms. The van der Waals surface area contributed by atoms with Gasteiger partial charge in [-0.3, -0.25) is 9.59 Å². The Morgan fingerprint density at radius 3 is 2.29 bits per heavy atom. The standard InChI is InChI=1S/C27H32N2O6/c1-17-15-18(26(31)32)12-14-29(17)25(30)24(34-2)11-13-28-27(33)35-16-23-21-9-5-3-7-19(21)20-8-4-6-10-22(20)23/h3-10,17-18,23-24H,11-16H2,1-2H3,(H,28,33)(H,31,32)/t17-,18-,24?/m1/s1. The molecule has 1 saturated heterocycles. The van der Waals surface area contributed by atoms with Crippen LogP contribution in [-0.2, 0) is 19.1 Å². The summed E-state index contributed by atoms with van der Waals surface area (Å²) in [5.74, 6) is -1.44. The second kappa shape index (κ2) is 10.9. The maximum atomic E-state index is 12.9. The first-order chi connectivity index (χ1) is 16.9. The predicted molar refractivity (Wildman–Crippen MR) is 130 cm³/mol. The average molecular weight is 481 g/mol. The fourth-order valence-electron chi connectivity index (χ4n) is 5.21. The number of carbonyl (C=O) groups is 3. The maximum absolute atomic E-state index is 12.9. The van der Waals surface area contributed by atoms with Crippen molar-refractivity contribution < 1.29 is 29.0 Å². The van der Waals surface area contributed by atoms with Gasteiger partial charge in [-0.2, -0.15) is 0 Å². The zero-order valence-corrected chi connectivity index (χ0v) is 20.1. The Morgan fingerprint density at radius 1 is 1.09 bits per heavy atom. The maximum Gasteiger partial charge on any atom is 0.407 e. The number of hydrogen-bond donors (Lipinski definition) is 2. The number of alkyl carbamates (subject to hydrolysis) is 1. The molecule has 1 aliphatic carbocycles. The van der Waals surface area contributed by atoms with E-state index in [1.54, 1.807) is 4.90 Å². The third-order valence-electron chi connectivity index (χ3n) is 7.09. The van der Waals surface area contributed by atoms with E-state index >= 15 is 0 Å². The van der Waals surface area contributed by atoms with Gasteiger partial charge in [0.15, 0.2) is 0 Å². The van der Waals surface area contributed by atoms with E-state index in [1.165, 1.54) is 18.2 Å². The first-order valence-corrected chi connectivity index (χ1v) is 12.1. The highest BCUT2D eigenvalue weighted by Gasteiger charge is 2.35. The van der Waals surface area contributed by atoms with E-state index in [-0.39, 0.29) is 31.0 Å². The highest BCUT2D eigenvalue weighted by atomic mass is 16.5. The lowest BCUT2D eigenvalue weighted by Gasteiger charge is -2.38. The first kappa shape index (κ1) is 24.7. The van der Waals surface area contributed by atoms with Crippen LogP contribution in [-0.4, -0.2) is 66.9 Å². The van der Waals surface area contributed by atoms with Crippen molar-refractivity contribution in [3.05, 3.63) is 59.7 Å². The number of likely N-dealkylation sites (tertiary alicyclic amines) is 1. The largest absolute Gasteiger partial charge is 0.481 e. The normalized spacial score (nSPS) is 20.0. The summed E-state index contributed by atoms with van der Waals surface area (Å²) in [6.45, 7) is 2.69. The summed E-state index contributed by atoms with van der Waals surface area (Å²) in [5.41, 5.74) is 4.63. The molecule has 2 aromatic rings. The fraction of sp³-hybridized carbons (Fsp3) is 0.444. The number of amides is 2. The quantitative estimate of drug-likeness (QED) is 0.598. The number of nitrogens with one attached hydrogen (secondary N) is 1. The second-order valence-electron chi connectivity index (χ2n) is 9.21. The van der Waals surface area contributed by atoms with Crippen LogP contribution >= 0.6 is 0 Å². The molecule has 2 aliphatic rings. The fourth-order valence-corrected chi connectivity index (χ4v) is 5.21. The van der Waals surface area contributed by atoms with Crippen LogP contribution in [0.5, 0.6) is 0 Å². The van der Waals surface area contributed by atoms with Gasteiger partial charge in [-0.25, -0.2) is 4.79 Å². The van der Waals surface area contributed by atoms with Crippen LogP contribution in [0.15, 0.2) is 48.5 Å². The Bertz CT molecular complexity index is 1040. The van der Waals surface area contributed by atoms with Gasteiger partial charge >= 0.3 is 12.1 Å². The van der Waals surface area contributed by atoms with Crippen molar-refractivity contribution >= 4 is 18.0 Å². The van der Waals surface area contributed by atoms with Gasteiger partial charge in [0.25, 0.3) is 5.91 Å². The predicted octanol–water partition coefficient (Wildman–Crippen LogP) is 3.64. The zero-order valence-electron chi connectivity index (χ0n) is 20.1. The van der Waals surface area contributed by atoms with Crippen LogP contribution in [0.2, 0.25) is 0 Å². The summed E-state index contributed by atoms with van der Waals surface area (Å²) < 4.78 is 10.9. The van der Waals surface area contributed by atoms with Gasteiger partial charge in [0.2, 0.25) is 0 Å². The number of carbonyl (C=O) groups excluding carboxylic acids is 2. The zero-order chi connectivity index (χ0) is 24.9. The molecule has 1 fully saturated rings. The monoisotopic (exact) mass is 480 g/mol. The van der Waals surface area contributed by atoms with Crippen molar-refractivity contribution in [2.24, 2.45) is 5.92 Å². The van der Waals surface area contributed by atoms with Gasteiger partial charge in [-0.15, -0.1) is 0 Å². The first-order valence-electron chi connectivity index (χ1n) is 12.1. The summed E-state index contributed by atoms with van der Waals surface area (Å²) >= 11 is 0. The van der Waals surface area contributed by atoms with Crippen molar-refractivity contribution in [1.29, 1.82) is 0 Å². The molecule has 0 radical (unpaired) electrons. The summed E-state index contributed by atoms with van der Waals surface area (Å²) in [5, 5.41) is 12.0. The number of carboxylic acid groups (broad SMARTS) is 1. The Labute approximate surface area is 205 Å². The van der Waals surface area contributed by atoms with Gasteiger partial charge in [-0.1, -0.05) is 48.5 Å². The van der Waals surface area contributed by atoms with Gasteiger partial charge in [0, 0.05) is 38.6 Å². The highest BCUT2D eigenvalue weighted by molar-refractivity contribution is 5.82. The molecule has 0 aromatic heterocycles. The molecule has 186 valence electrons. The summed E-state index contributed by atoms with van der Waals surface area (Å²) in [6.07, 6.45) is -0.0991. The number of rotatable bonds is 8. The van der Waals surface area contributed by atoms with Crippen LogP contribution in [0, 0.1) is 5.92 Å². The van der Waals surface area contributed by atoms with E-state index in [1.807, 2.05) is 31.2 Å². The number of fused-ring (bicyclic) bond motifs is 3. The van der Waals surface area contributed by atoms with E-state index in [4.69, 9.17) is 9.47 Å². The van der Waals surface area contributed by atoms with E-state index in [9.17, 15) is 19.5 Å². The Balaban J connectivity index is 1.26. The highest BCUT2D eigenvalue weighted by Crippen LogP contribution is 2.44. The van der Waals surface area contributed by atoms with Crippen LogP contribution < -0.4 is 5.32 Å². The number of nitrogens with zero attached hydrogens (tertiary/aromatic N) is 1. The number of benzene rings is 2. The van der Waals surface area contributed by atoms with Crippen molar-refractivity contribution in [2.45, 2.75) is 44.2 Å². The third kappa shape index (κ3) is 5.32. The van der Waals surface area contributed by atoms with Crippen molar-refractivity contribution in [3.63, 3.8) is 0 Å². The summed E-state index contributed by atoms with van der Waals surface area (Å²) in [7, 11) is 1.46. The molecule has 35 heavy (non-hydrogen) atoms. The molecule has 3 atom stereocenters. The minimum absolute atomic E-state index is 0.0170. The topological polar surface area (TPSA) is 105 Å². The van der Waals surface area contributed by atoms with Gasteiger partial charge in [0.05, 0.1) is 5.92 Å². The molecule has 4 rings (SSSR count). The van der Waals surface area contributed by atoms with Gasteiger partial charge < -0.3 is 24.8 Å². The molecule has 0 bridgehead atoms. The van der Waals surface area contributed by atoms with Crippen LogP contribution in [0.1, 0.15) is 43.2 Å². The number of hydrogen-bond acceptors (Lipinski definition) is 5. The molecular formula is C27H32N2O6. The lowest BCUT2D eigenvalue weighted by Crippen LogP contribution is -2.50. The lowest BCUT2D eigenvalue weighted by atomic mass is 9.91. The van der Waals surface area contributed by atoms with Gasteiger partial charge in [0.1, 0.15) is 12.7 Å². The van der Waals surface area contributed by atoms with E-state index in [0.717, 1.165) is 11.1 Å². The SMILES string of the molecule is COC(CCNC(=O)OCC1c2ccccc2-c2ccccc21)C(=O)N1CC[C@@H](C(=O)O)C[C@H]1C. The minimum atomic E-state index is -0.820. The van der Waals surface area contributed by atoms with Crippen molar-refractivity contribution in [1.82, 2.24) is 10.2 Å². The van der Waals surface area contributed by atoms with Crippen molar-refractivity contribution in [3.8, 4) is 11.1 Å². The smallest absolute Gasteiger partial charge is 0.407 e. The Kier molecular flexibility index (Phi) is 7.70. The Morgan fingerprint density at radius 2 is 1.71 bits per heavy atom. The van der Waals surface area contributed by atoms with Crippen LogP contribution in [0.4, 0.5) is 4.79 Å². The lowest BCUT2D eigenvalue weighted by molar-refractivity contribution is -0.152. The molecule has 1 heterocycles. The Hall–Kier alpha value is -3.39. The number of carboxylic acids is 1. The van der Waals surface area contributed by atoms with Gasteiger partial charge in [-0.05, 0) is 42.0 Å². The molecular weight excluding hydrogens is 448 g/mol. The molecule has 2 amide bonds. The minimum Gasteiger partial charge on any atom is -0.481 e. The summed E-state index contributed by atoms with van der Waals surface area (Å²) in [4.78, 5) is 38.3. The molecule has 2 N–H and O–H groups in total. The van der Waals surface area contributed by atoms with E-state index in [0.29, 0.717) is 25.8 Å². The van der Waals surface area contributed by atoms with Crippen molar-refractivity contribution in [2.75, 3.05) is 26.8 Å². The molecule has 8 heteroatoms. The molecule has 2 aromatic carbocycles. The van der Waals surface area contributed by atoms with E-state index < -0.39 is 24.1 Å². The third-order valence-corrected chi connectivity index (χ3v) is 7.09. The molecule has 1 aliphatic heterocycles. The summed E-state index contributed by atoms with van der Waals surface area (Å²) in [6, 6.07) is 16.1. The van der Waals surface area contributed by atoms with Crippen LogP contribution in [0.3, 0.4) is 0 Å². The van der Waals surface area contributed by atoms with E-state index in [2.05, 4.69) is 29.6 Å². The van der Waals surface area contributed by atoms with Crippen LogP contribution in [0.25, 0.3) is 11.1 Å². The number of aliphatic carboxylic acids is 1. The molecule has 1 unspecified atom stereocenters. The number of ether oxygens (including phenoxy) is 2. The number of methoxy groups -OCH3 is 1. The molecule has 0 saturated carbocycles. The molecule has 8 nitrogen and oxygen atoms in total. The average Bonchev–Trinajstić information content (AvgIpc) is 3.18.